The van der Waals surface area contributed by atoms with Crippen LogP contribution >= 0.6 is 0 Å². The zero-order chi connectivity index (χ0) is 22.7. The van der Waals surface area contributed by atoms with E-state index in [1.807, 2.05) is 19.9 Å². The van der Waals surface area contributed by atoms with Crippen LogP contribution in [0.5, 0.6) is 0 Å². The molecule has 0 amide bonds. The number of aliphatic hydroxyl groups is 2. The fraction of sp³-hybridized carbons (Fsp3) is 0.739. The van der Waals surface area contributed by atoms with Gasteiger partial charge >= 0.3 is 11.9 Å². The summed E-state index contributed by atoms with van der Waals surface area (Å²) in [5.74, 6) is -1.26. The van der Waals surface area contributed by atoms with Gasteiger partial charge in [-0.2, -0.15) is 0 Å². The predicted octanol–water partition coefficient (Wildman–Crippen LogP) is 2.83. The minimum Gasteiger partial charge on any atom is -0.466 e. The molecule has 2 bridgehead atoms. The fourth-order valence-electron chi connectivity index (χ4n) is 4.40. The van der Waals surface area contributed by atoms with Gasteiger partial charge in [0, 0.05) is 18.9 Å². The molecule has 6 atom stereocenters. The zero-order valence-electron chi connectivity index (χ0n) is 18.8. The molecule has 1 saturated heterocycles. The van der Waals surface area contributed by atoms with Crippen molar-refractivity contribution >= 4 is 11.9 Å². The standard InChI is InChI=1S/C23H36O7/c1-14-7-8-20(29-16(3)24)23(5)12-10-19(30-23)22(4,27)11-9-17(13-18(14)25)15(2)21(26)28-6/h7,17-20,25,27H,2,8-13H2,1,3-6H3/b14-7+/t17-,18-,19+,20+,22-,23-/m0/s1. The molecule has 2 heterocycles. The van der Waals surface area contributed by atoms with Crippen LogP contribution in [0, 0.1) is 5.92 Å². The maximum Gasteiger partial charge on any atom is 0.333 e. The first-order valence-corrected chi connectivity index (χ1v) is 10.6. The maximum absolute atomic E-state index is 12.1. The third-order valence-corrected chi connectivity index (χ3v) is 6.62. The van der Waals surface area contributed by atoms with Gasteiger partial charge in [-0.3, -0.25) is 4.79 Å². The van der Waals surface area contributed by atoms with Gasteiger partial charge in [-0.15, -0.1) is 0 Å². The normalized spacial score (nSPS) is 39.5. The zero-order valence-corrected chi connectivity index (χ0v) is 18.8. The van der Waals surface area contributed by atoms with E-state index in [9.17, 15) is 19.8 Å². The molecule has 2 N–H and O–H groups in total. The largest absolute Gasteiger partial charge is 0.466 e. The highest BCUT2D eigenvalue weighted by atomic mass is 16.6. The maximum atomic E-state index is 12.1. The smallest absolute Gasteiger partial charge is 0.333 e. The Labute approximate surface area is 179 Å². The van der Waals surface area contributed by atoms with E-state index in [-0.39, 0.29) is 17.9 Å². The van der Waals surface area contributed by atoms with Crippen molar-refractivity contribution in [3.8, 4) is 0 Å². The third kappa shape index (κ3) is 5.71. The Morgan fingerprint density at radius 3 is 2.53 bits per heavy atom. The molecule has 0 unspecified atom stereocenters. The Morgan fingerprint density at radius 1 is 1.27 bits per heavy atom. The number of methoxy groups -OCH3 is 1. The van der Waals surface area contributed by atoms with Crippen LogP contribution in [-0.4, -0.2) is 58.8 Å². The molecule has 0 spiro atoms. The number of hydrogen-bond acceptors (Lipinski definition) is 7. The summed E-state index contributed by atoms with van der Waals surface area (Å²) in [5, 5.41) is 21.9. The highest BCUT2D eigenvalue weighted by Gasteiger charge is 2.49. The topological polar surface area (TPSA) is 102 Å². The van der Waals surface area contributed by atoms with Crippen molar-refractivity contribution in [1.29, 1.82) is 0 Å². The van der Waals surface area contributed by atoms with Crippen LogP contribution in [-0.2, 0) is 23.8 Å². The summed E-state index contributed by atoms with van der Waals surface area (Å²) < 4.78 is 16.7. The molecule has 0 aliphatic carbocycles. The van der Waals surface area contributed by atoms with Gasteiger partial charge in [0.05, 0.1) is 24.9 Å². The lowest BCUT2D eigenvalue weighted by Gasteiger charge is -2.36. The highest BCUT2D eigenvalue weighted by Crippen LogP contribution is 2.42. The molecular weight excluding hydrogens is 388 g/mol. The molecule has 7 heteroatoms. The Kier molecular flexibility index (Phi) is 7.88. The Morgan fingerprint density at radius 2 is 1.93 bits per heavy atom. The van der Waals surface area contributed by atoms with E-state index in [0.717, 1.165) is 5.57 Å². The molecule has 2 aliphatic heterocycles. The minimum absolute atomic E-state index is 0.282. The van der Waals surface area contributed by atoms with E-state index < -0.39 is 41.5 Å². The molecule has 30 heavy (non-hydrogen) atoms. The predicted molar refractivity (Wildman–Crippen MR) is 112 cm³/mol. The molecule has 7 nitrogen and oxygen atoms in total. The first kappa shape index (κ1) is 24.6. The summed E-state index contributed by atoms with van der Waals surface area (Å²) in [6, 6.07) is 0. The van der Waals surface area contributed by atoms with Crippen LogP contribution in [0.15, 0.2) is 23.8 Å². The van der Waals surface area contributed by atoms with Crippen molar-refractivity contribution in [3.63, 3.8) is 0 Å². The van der Waals surface area contributed by atoms with Gasteiger partial charge in [0.1, 0.15) is 11.7 Å². The van der Waals surface area contributed by atoms with Crippen LogP contribution in [0.25, 0.3) is 0 Å². The lowest BCUT2D eigenvalue weighted by Crippen LogP contribution is -2.46. The van der Waals surface area contributed by atoms with Crippen molar-refractivity contribution in [2.24, 2.45) is 5.92 Å². The van der Waals surface area contributed by atoms with E-state index in [4.69, 9.17) is 14.2 Å². The summed E-state index contributed by atoms with van der Waals surface area (Å²) in [7, 11) is 1.30. The van der Waals surface area contributed by atoms with Crippen LogP contribution in [0.4, 0.5) is 0 Å². The van der Waals surface area contributed by atoms with E-state index >= 15 is 0 Å². The van der Waals surface area contributed by atoms with Gasteiger partial charge in [-0.1, -0.05) is 12.7 Å². The molecule has 1 fully saturated rings. The SMILES string of the molecule is C=C(C(=O)OC)[C@H]1CC[C@](C)(O)[C@H]2CC[C@](C)(O2)[C@H](OC(C)=O)C/C=C(\C)[C@@H](O)C1. The molecule has 0 aromatic carbocycles. The first-order chi connectivity index (χ1) is 13.9. The van der Waals surface area contributed by atoms with E-state index in [1.165, 1.54) is 14.0 Å². The second kappa shape index (κ2) is 9.62. The lowest BCUT2D eigenvalue weighted by atomic mass is 9.81. The number of hydrogen-bond donors (Lipinski definition) is 2. The minimum atomic E-state index is -1.14. The van der Waals surface area contributed by atoms with Crippen molar-refractivity contribution in [3.05, 3.63) is 23.8 Å². The first-order valence-electron chi connectivity index (χ1n) is 10.6. The monoisotopic (exact) mass is 424 g/mol. The van der Waals surface area contributed by atoms with Crippen molar-refractivity contribution in [1.82, 2.24) is 0 Å². The molecule has 0 aromatic heterocycles. The van der Waals surface area contributed by atoms with E-state index in [2.05, 4.69) is 6.58 Å². The molecule has 170 valence electrons. The fourth-order valence-corrected chi connectivity index (χ4v) is 4.40. The third-order valence-electron chi connectivity index (χ3n) is 6.62. The van der Waals surface area contributed by atoms with Gasteiger partial charge in [-0.05, 0) is 64.4 Å². The van der Waals surface area contributed by atoms with Gasteiger partial charge in [0.2, 0.25) is 0 Å². The quantitative estimate of drug-likeness (QED) is 0.408. The Bertz CT molecular complexity index is 696. The average Bonchev–Trinajstić information content (AvgIpc) is 3.10. The summed E-state index contributed by atoms with van der Waals surface area (Å²) in [5.41, 5.74) is -0.872. The van der Waals surface area contributed by atoms with Crippen molar-refractivity contribution in [2.75, 3.05) is 7.11 Å². The van der Waals surface area contributed by atoms with Gasteiger partial charge in [0.15, 0.2) is 0 Å². The number of esters is 2. The number of carbonyl (C=O) groups is 2. The van der Waals surface area contributed by atoms with Crippen LogP contribution < -0.4 is 0 Å². The Hall–Kier alpha value is -1.70. The lowest BCUT2D eigenvalue weighted by molar-refractivity contribution is -0.182. The van der Waals surface area contributed by atoms with Crippen LogP contribution in [0.1, 0.15) is 66.2 Å². The summed E-state index contributed by atoms with van der Waals surface area (Å²) >= 11 is 0. The molecule has 0 aromatic rings. The van der Waals surface area contributed by atoms with Crippen LogP contribution in [0.3, 0.4) is 0 Å². The van der Waals surface area contributed by atoms with Gasteiger partial charge < -0.3 is 24.4 Å². The van der Waals surface area contributed by atoms with E-state index in [0.29, 0.717) is 32.1 Å². The van der Waals surface area contributed by atoms with Crippen molar-refractivity contribution in [2.45, 2.75) is 95.7 Å². The molecule has 0 saturated carbocycles. The molecule has 2 aliphatic rings. The number of fused-ring (bicyclic) bond motifs is 2. The van der Waals surface area contributed by atoms with Gasteiger partial charge in [0.25, 0.3) is 0 Å². The number of ether oxygens (including phenoxy) is 3. The number of rotatable bonds is 3. The molecule has 2 rings (SSSR count). The van der Waals surface area contributed by atoms with E-state index in [1.54, 1.807) is 6.92 Å². The molecular formula is C23H36O7. The van der Waals surface area contributed by atoms with Crippen LogP contribution in [0.2, 0.25) is 0 Å². The Balaban J connectivity index is 2.38. The summed E-state index contributed by atoms with van der Waals surface area (Å²) in [6.07, 6.45) is 2.86. The summed E-state index contributed by atoms with van der Waals surface area (Å²) in [6.45, 7) is 10.7. The second-order valence-electron chi connectivity index (χ2n) is 9.10. The summed E-state index contributed by atoms with van der Waals surface area (Å²) in [4.78, 5) is 23.7. The highest BCUT2D eigenvalue weighted by molar-refractivity contribution is 5.88. The van der Waals surface area contributed by atoms with Gasteiger partial charge in [-0.25, -0.2) is 4.79 Å². The molecule has 0 radical (unpaired) electrons. The second-order valence-corrected chi connectivity index (χ2v) is 9.10. The average molecular weight is 425 g/mol. The van der Waals surface area contributed by atoms with Crippen molar-refractivity contribution < 1.29 is 34.0 Å². The number of aliphatic hydroxyl groups excluding tert-OH is 1. The number of carbonyl (C=O) groups excluding carboxylic acids is 2.